The van der Waals surface area contributed by atoms with Gasteiger partial charge in [-0.05, 0) is 37.3 Å². The molecular weight excluding hydrogens is 430 g/mol. The van der Waals surface area contributed by atoms with E-state index in [2.05, 4.69) is 23.6 Å². The van der Waals surface area contributed by atoms with Crippen molar-refractivity contribution in [2.45, 2.75) is 13.5 Å². The van der Waals surface area contributed by atoms with Crippen LogP contribution >= 0.6 is 0 Å². The lowest BCUT2D eigenvalue weighted by atomic mass is 10.0. The number of rotatable bonds is 5. The third kappa shape index (κ3) is 3.25. The maximum Gasteiger partial charge on any atom is 0.357 e. The summed E-state index contributed by atoms with van der Waals surface area (Å²) in [7, 11) is 2.56. The normalized spacial score (nSPS) is 11.1. The van der Waals surface area contributed by atoms with Gasteiger partial charge in [0.05, 0.1) is 19.9 Å². The van der Waals surface area contributed by atoms with E-state index >= 15 is 0 Å². The van der Waals surface area contributed by atoms with Crippen LogP contribution in [-0.4, -0.2) is 40.5 Å². The molecule has 0 spiro atoms. The molecule has 2 aromatic heterocycles. The van der Waals surface area contributed by atoms with Gasteiger partial charge < -0.3 is 14.0 Å². The molecule has 0 saturated heterocycles. The Kier molecular flexibility index (Phi) is 5.37. The number of aromatic nitrogens is 3. The van der Waals surface area contributed by atoms with Crippen LogP contribution in [0.15, 0.2) is 72.8 Å². The summed E-state index contributed by atoms with van der Waals surface area (Å²) in [6, 6.07) is 23.3. The maximum absolute atomic E-state index is 12.9. The smallest absolute Gasteiger partial charge is 0.357 e. The average molecular weight is 453 g/mol. The number of nitrogens with zero attached hydrogens (tertiary/aromatic N) is 3. The topological polar surface area (TPSA) is 75.4 Å². The van der Waals surface area contributed by atoms with Crippen molar-refractivity contribution in [1.82, 2.24) is 14.3 Å². The number of benzene rings is 3. The molecule has 2 heterocycles. The van der Waals surface area contributed by atoms with E-state index in [1.807, 2.05) is 60.7 Å². The maximum atomic E-state index is 12.9. The van der Waals surface area contributed by atoms with Crippen molar-refractivity contribution in [3.8, 4) is 16.9 Å². The van der Waals surface area contributed by atoms with Crippen LogP contribution in [0.5, 0.6) is 0 Å². The first-order valence-electron chi connectivity index (χ1n) is 11.0. The number of esters is 2. The quantitative estimate of drug-likeness (QED) is 0.340. The predicted octanol–water partition coefficient (Wildman–Crippen LogP) is 5.24. The van der Waals surface area contributed by atoms with Crippen LogP contribution < -0.4 is 0 Å². The number of methoxy groups -OCH3 is 2. The van der Waals surface area contributed by atoms with E-state index in [0.717, 1.165) is 28.4 Å². The van der Waals surface area contributed by atoms with Crippen molar-refractivity contribution < 1.29 is 19.1 Å². The summed E-state index contributed by atoms with van der Waals surface area (Å²) in [6.07, 6.45) is 0. The monoisotopic (exact) mass is 453 g/mol. The molecule has 5 aromatic rings. The van der Waals surface area contributed by atoms with Gasteiger partial charge in [-0.1, -0.05) is 42.5 Å². The third-order valence-corrected chi connectivity index (χ3v) is 6.02. The van der Waals surface area contributed by atoms with Gasteiger partial charge in [-0.2, -0.15) is 5.10 Å². The zero-order valence-corrected chi connectivity index (χ0v) is 19.1. The molecule has 0 fully saturated rings. The summed E-state index contributed by atoms with van der Waals surface area (Å²) < 4.78 is 13.8. The summed E-state index contributed by atoms with van der Waals surface area (Å²) >= 11 is 0. The van der Waals surface area contributed by atoms with E-state index in [9.17, 15) is 9.59 Å². The van der Waals surface area contributed by atoms with Crippen molar-refractivity contribution in [2.24, 2.45) is 0 Å². The molecule has 0 N–H and O–H groups in total. The van der Waals surface area contributed by atoms with Crippen LogP contribution in [0.25, 0.3) is 38.8 Å². The fraction of sp³-hybridized carbons (Fsp3) is 0.148. The van der Waals surface area contributed by atoms with Gasteiger partial charge in [-0.25, -0.2) is 14.3 Å². The van der Waals surface area contributed by atoms with Crippen molar-refractivity contribution in [2.75, 3.05) is 14.2 Å². The molecule has 0 atom stereocenters. The molecule has 34 heavy (non-hydrogen) atoms. The van der Waals surface area contributed by atoms with Gasteiger partial charge in [0.1, 0.15) is 11.3 Å². The Labute approximate surface area is 196 Å². The molecule has 0 radical (unpaired) electrons. The Morgan fingerprint density at radius 3 is 2.21 bits per heavy atom. The van der Waals surface area contributed by atoms with Gasteiger partial charge in [-0.3, -0.25) is 0 Å². The molecule has 7 heteroatoms. The molecule has 0 aliphatic carbocycles. The van der Waals surface area contributed by atoms with E-state index in [0.29, 0.717) is 16.9 Å². The van der Waals surface area contributed by atoms with Crippen molar-refractivity contribution in [1.29, 1.82) is 0 Å². The van der Waals surface area contributed by atoms with Crippen LogP contribution in [-0.2, 0) is 16.0 Å². The summed E-state index contributed by atoms with van der Waals surface area (Å²) in [4.78, 5) is 25.8. The minimum Gasteiger partial charge on any atom is -0.465 e. The second-order valence-corrected chi connectivity index (χ2v) is 7.80. The molecule has 3 aromatic carbocycles. The number of aryl methyl sites for hydroxylation is 1. The Bertz CT molecular complexity index is 1550. The first-order chi connectivity index (χ1) is 16.6. The SMILES string of the molecule is CCn1c2ccccc2c2cc(-c3nn(-c4ccccc4)c(C(=O)OC)c3C(=O)OC)ccc21. The number of hydrogen-bond donors (Lipinski definition) is 0. The highest BCUT2D eigenvalue weighted by molar-refractivity contribution is 6.11. The zero-order valence-electron chi connectivity index (χ0n) is 19.1. The summed E-state index contributed by atoms with van der Waals surface area (Å²) in [5.41, 5.74) is 3.99. The first kappa shape index (κ1) is 21.5. The first-order valence-corrected chi connectivity index (χ1v) is 11.0. The molecule has 170 valence electrons. The lowest BCUT2D eigenvalue weighted by Crippen LogP contribution is -2.15. The molecular formula is C27H23N3O4. The summed E-state index contributed by atoms with van der Waals surface area (Å²) in [5, 5.41) is 6.86. The fourth-order valence-corrected chi connectivity index (χ4v) is 4.50. The predicted molar refractivity (Wildman–Crippen MR) is 130 cm³/mol. The Balaban J connectivity index is 1.83. The minimum absolute atomic E-state index is 0.0200. The van der Waals surface area contributed by atoms with Crippen molar-refractivity contribution in [3.05, 3.63) is 84.1 Å². The number of hydrogen-bond acceptors (Lipinski definition) is 5. The molecule has 5 rings (SSSR count). The number of para-hydroxylation sites is 2. The van der Waals surface area contributed by atoms with Crippen LogP contribution in [0.1, 0.15) is 27.8 Å². The average Bonchev–Trinajstić information content (AvgIpc) is 3.44. The molecule has 0 bridgehead atoms. The lowest BCUT2D eigenvalue weighted by Gasteiger charge is -2.07. The molecule has 0 aliphatic heterocycles. The standard InChI is InChI=1S/C27H23N3O4/c1-4-29-21-13-9-8-12-19(21)20-16-17(14-15-22(20)29)24-23(26(31)33-2)25(27(32)34-3)30(28-24)18-10-6-5-7-11-18/h5-16H,4H2,1-3H3. The summed E-state index contributed by atoms with van der Waals surface area (Å²) in [5.74, 6) is -1.33. The second-order valence-electron chi connectivity index (χ2n) is 7.80. The van der Waals surface area contributed by atoms with E-state index < -0.39 is 11.9 Å². The highest BCUT2D eigenvalue weighted by atomic mass is 16.5. The van der Waals surface area contributed by atoms with Crippen molar-refractivity contribution in [3.63, 3.8) is 0 Å². The minimum atomic E-state index is -0.674. The van der Waals surface area contributed by atoms with E-state index in [-0.39, 0.29) is 11.3 Å². The Hall–Kier alpha value is -4.39. The zero-order chi connectivity index (χ0) is 23.8. The molecule has 0 amide bonds. The van der Waals surface area contributed by atoms with Gasteiger partial charge in [0, 0.05) is 33.9 Å². The fourth-order valence-electron chi connectivity index (χ4n) is 4.50. The Morgan fingerprint density at radius 1 is 0.824 bits per heavy atom. The van der Waals surface area contributed by atoms with E-state index in [1.165, 1.54) is 18.9 Å². The largest absolute Gasteiger partial charge is 0.465 e. The van der Waals surface area contributed by atoms with Crippen LogP contribution in [0.2, 0.25) is 0 Å². The van der Waals surface area contributed by atoms with Gasteiger partial charge in [0.25, 0.3) is 0 Å². The van der Waals surface area contributed by atoms with Gasteiger partial charge in [0.2, 0.25) is 0 Å². The molecule has 0 unspecified atom stereocenters. The van der Waals surface area contributed by atoms with Crippen LogP contribution in [0, 0.1) is 0 Å². The van der Waals surface area contributed by atoms with Crippen LogP contribution in [0.3, 0.4) is 0 Å². The van der Waals surface area contributed by atoms with Gasteiger partial charge in [-0.15, -0.1) is 0 Å². The molecule has 7 nitrogen and oxygen atoms in total. The number of fused-ring (bicyclic) bond motifs is 3. The van der Waals surface area contributed by atoms with Crippen molar-refractivity contribution >= 4 is 33.7 Å². The van der Waals surface area contributed by atoms with E-state index in [1.54, 1.807) is 0 Å². The van der Waals surface area contributed by atoms with Crippen LogP contribution in [0.4, 0.5) is 0 Å². The highest BCUT2D eigenvalue weighted by Gasteiger charge is 2.31. The van der Waals surface area contributed by atoms with Gasteiger partial charge in [0.15, 0.2) is 5.69 Å². The second kappa shape index (κ2) is 8.51. The highest BCUT2D eigenvalue weighted by Crippen LogP contribution is 2.35. The van der Waals surface area contributed by atoms with Gasteiger partial charge >= 0.3 is 11.9 Å². The molecule has 0 saturated carbocycles. The summed E-state index contributed by atoms with van der Waals surface area (Å²) in [6.45, 7) is 2.94. The number of carbonyl (C=O) groups is 2. The number of ether oxygens (including phenoxy) is 2. The Morgan fingerprint density at radius 2 is 1.50 bits per heavy atom. The lowest BCUT2D eigenvalue weighted by molar-refractivity contribution is 0.0549. The number of carbonyl (C=O) groups excluding carboxylic acids is 2. The third-order valence-electron chi connectivity index (χ3n) is 6.02. The van der Waals surface area contributed by atoms with E-state index in [4.69, 9.17) is 14.6 Å². The molecule has 0 aliphatic rings.